The second-order valence-electron chi connectivity index (χ2n) is 3.17. The van der Waals surface area contributed by atoms with Crippen LogP contribution in [0.4, 0.5) is 5.69 Å². The third kappa shape index (κ3) is 2.25. The average molecular weight is 279 g/mol. The maximum absolute atomic E-state index is 10.5. The molecule has 0 aliphatic heterocycles. The molecule has 0 saturated heterocycles. The van der Waals surface area contributed by atoms with Gasteiger partial charge in [-0.25, -0.2) is 4.98 Å². The van der Waals surface area contributed by atoms with E-state index in [4.69, 9.17) is 0 Å². The number of benzene rings is 1. The van der Waals surface area contributed by atoms with Gasteiger partial charge in [-0.15, -0.1) is 0 Å². The number of pyridine rings is 1. The van der Waals surface area contributed by atoms with Gasteiger partial charge >= 0.3 is 0 Å². The van der Waals surface area contributed by atoms with E-state index < -0.39 is 4.92 Å². The minimum Gasteiger partial charge on any atom is -0.258 e. The van der Waals surface area contributed by atoms with Gasteiger partial charge in [-0.3, -0.25) is 10.1 Å². The van der Waals surface area contributed by atoms with Gasteiger partial charge in [0.05, 0.1) is 4.92 Å². The molecule has 16 heavy (non-hydrogen) atoms. The summed E-state index contributed by atoms with van der Waals surface area (Å²) in [5, 5.41) is 10.5. The van der Waals surface area contributed by atoms with Crippen LogP contribution >= 0.6 is 15.9 Å². The zero-order valence-electron chi connectivity index (χ0n) is 8.13. The van der Waals surface area contributed by atoms with Gasteiger partial charge in [0, 0.05) is 18.3 Å². The Morgan fingerprint density at radius 2 is 1.81 bits per heavy atom. The van der Waals surface area contributed by atoms with Crippen LogP contribution < -0.4 is 0 Å². The topological polar surface area (TPSA) is 56.0 Å². The van der Waals surface area contributed by atoms with E-state index in [1.807, 2.05) is 12.1 Å². The molecule has 0 spiro atoms. The molecule has 1 aromatic carbocycles. The molecule has 0 aliphatic carbocycles. The molecule has 0 unspecified atom stereocenters. The normalized spacial score (nSPS) is 10.1. The number of non-ortho nitro benzene ring substituents is 1. The summed E-state index contributed by atoms with van der Waals surface area (Å²) < 4.78 is 0.739. The molecular formula is C11H7BrN2O2. The Morgan fingerprint density at radius 1 is 1.12 bits per heavy atom. The molecule has 0 radical (unpaired) electrons. The van der Waals surface area contributed by atoms with Crippen molar-refractivity contribution < 1.29 is 4.92 Å². The van der Waals surface area contributed by atoms with Gasteiger partial charge in [0.2, 0.25) is 0 Å². The lowest BCUT2D eigenvalue weighted by molar-refractivity contribution is -0.384. The van der Waals surface area contributed by atoms with Crippen molar-refractivity contribution in [3.8, 4) is 11.1 Å². The lowest BCUT2D eigenvalue weighted by Gasteiger charge is -2.01. The van der Waals surface area contributed by atoms with E-state index in [-0.39, 0.29) is 5.69 Å². The van der Waals surface area contributed by atoms with Crippen molar-refractivity contribution in [2.45, 2.75) is 0 Å². The van der Waals surface area contributed by atoms with Gasteiger partial charge < -0.3 is 0 Å². The summed E-state index contributed by atoms with van der Waals surface area (Å²) in [6.07, 6.45) is 1.68. The molecule has 80 valence electrons. The highest BCUT2D eigenvalue weighted by atomic mass is 79.9. The van der Waals surface area contributed by atoms with Gasteiger partial charge in [-0.05, 0) is 51.3 Å². The molecule has 1 aromatic heterocycles. The Kier molecular flexibility index (Phi) is 2.96. The lowest BCUT2D eigenvalue weighted by Crippen LogP contribution is -1.87. The second-order valence-corrected chi connectivity index (χ2v) is 3.98. The van der Waals surface area contributed by atoms with Crippen LogP contribution in [0.25, 0.3) is 11.1 Å². The van der Waals surface area contributed by atoms with Crippen molar-refractivity contribution in [2.75, 3.05) is 0 Å². The highest BCUT2D eigenvalue weighted by molar-refractivity contribution is 9.10. The SMILES string of the molecule is O=[N+]([O-])c1ccc(-c2ccnc(Br)c2)cc1. The molecule has 2 aromatic rings. The summed E-state index contributed by atoms with van der Waals surface area (Å²) in [5.41, 5.74) is 1.99. The van der Waals surface area contributed by atoms with E-state index in [0.29, 0.717) is 0 Å². The van der Waals surface area contributed by atoms with Crippen LogP contribution in [0, 0.1) is 10.1 Å². The average Bonchev–Trinajstić information content (AvgIpc) is 2.29. The summed E-state index contributed by atoms with van der Waals surface area (Å²) in [7, 11) is 0. The number of aromatic nitrogens is 1. The third-order valence-electron chi connectivity index (χ3n) is 2.14. The van der Waals surface area contributed by atoms with E-state index in [9.17, 15) is 10.1 Å². The number of rotatable bonds is 2. The summed E-state index contributed by atoms with van der Waals surface area (Å²) in [4.78, 5) is 14.1. The van der Waals surface area contributed by atoms with Crippen molar-refractivity contribution in [3.63, 3.8) is 0 Å². The predicted molar refractivity (Wildman–Crippen MR) is 64.0 cm³/mol. The lowest BCUT2D eigenvalue weighted by atomic mass is 10.1. The number of nitrogens with zero attached hydrogens (tertiary/aromatic N) is 2. The molecule has 0 aliphatic rings. The van der Waals surface area contributed by atoms with Crippen LogP contribution in [-0.2, 0) is 0 Å². The fourth-order valence-electron chi connectivity index (χ4n) is 1.36. The first-order valence-electron chi connectivity index (χ1n) is 4.53. The molecule has 0 N–H and O–H groups in total. The minimum absolute atomic E-state index is 0.0943. The predicted octanol–water partition coefficient (Wildman–Crippen LogP) is 3.42. The van der Waals surface area contributed by atoms with Crippen molar-refractivity contribution in [1.29, 1.82) is 0 Å². The second kappa shape index (κ2) is 4.40. The fourth-order valence-corrected chi connectivity index (χ4v) is 1.72. The Morgan fingerprint density at radius 3 is 2.38 bits per heavy atom. The quantitative estimate of drug-likeness (QED) is 0.481. The van der Waals surface area contributed by atoms with E-state index in [1.165, 1.54) is 12.1 Å². The summed E-state index contributed by atoms with van der Waals surface area (Å²) in [5.74, 6) is 0. The number of hydrogen-bond acceptors (Lipinski definition) is 3. The smallest absolute Gasteiger partial charge is 0.258 e. The van der Waals surface area contributed by atoms with Crippen molar-refractivity contribution in [3.05, 3.63) is 57.3 Å². The number of nitro groups is 1. The van der Waals surface area contributed by atoms with Crippen LogP contribution in [0.2, 0.25) is 0 Å². The Bertz CT molecular complexity index is 526. The first kappa shape index (κ1) is 10.8. The Hall–Kier alpha value is -1.75. The molecule has 0 amide bonds. The third-order valence-corrected chi connectivity index (χ3v) is 2.57. The van der Waals surface area contributed by atoms with Gasteiger partial charge in [-0.1, -0.05) is 0 Å². The summed E-state index contributed by atoms with van der Waals surface area (Å²) in [6.45, 7) is 0. The van der Waals surface area contributed by atoms with E-state index >= 15 is 0 Å². The zero-order chi connectivity index (χ0) is 11.5. The Labute approximate surface area is 100 Å². The Balaban J connectivity index is 2.38. The molecule has 5 heteroatoms. The summed E-state index contributed by atoms with van der Waals surface area (Å²) >= 11 is 3.28. The minimum atomic E-state index is -0.410. The molecule has 0 bridgehead atoms. The largest absolute Gasteiger partial charge is 0.269 e. The molecular weight excluding hydrogens is 272 g/mol. The van der Waals surface area contributed by atoms with E-state index in [0.717, 1.165) is 15.7 Å². The van der Waals surface area contributed by atoms with E-state index in [1.54, 1.807) is 18.3 Å². The molecule has 2 rings (SSSR count). The highest BCUT2D eigenvalue weighted by Gasteiger charge is 2.05. The van der Waals surface area contributed by atoms with Crippen molar-refractivity contribution >= 4 is 21.6 Å². The maximum Gasteiger partial charge on any atom is 0.269 e. The maximum atomic E-state index is 10.5. The number of hydrogen-bond donors (Lipinski definition) is 0. The molecule has 1 heterocycles. The molecule has 0 saturated carbocycles. The zero-order valence-corrected chi connectivity index (χ0v) is 9.72. The number of halogens is 1. The molecule has 4 nitrogen and oxygen atoms in total. The van der Waals surface area contributed by atoms with Gasteiger partial charge in [0.15, 0.2) is 0 Å². The monoisotopic (exact) mass is 278 g/mol. The van der Waals surface area contributed by atoms with Crippen LogP contribution in [-0.4, -0.2) is 9.91 Å². The van der Waals surface area contributed by atoms with Crippen molar-refractivity contribution in [1.82, 2.24) is 4.98 Å². The van der Waals surface area contributed by atoms with Crippen LogP contribution in [0.3, 0.4) is 0 Å². The van der Waals surface area contributed by atoms with Gasteiger partial charge in [0.1, 0.15) is 4.60 Å². The van der Waals surface area contributed by atoms with Gasteiger partial charge in [0.25, 0.3) is 5.69 Å². The fraction of sp³-hybridized carbons (Fsp3) is 0. The highest BCUT2D eigenvalue weighted by Crippen LogP contribution is 2.23. The first-order valence-corrected chi connectivity index (χ1v) is 5.32. The van der Waals surface area contributed by atoms with Crippen LogP contribution in [0.5, 0.6) is 0 Å². The van der Waals surface area contributed by atoms with Crippen LogP contribution in [0.15, 0.2) is 47.2 Å². The van der Waals surface area contributed by atoms with E-state index in [2.05, 4.69) is 20.9 Å². The number of nitro benzene ring substituents is 1. The van der Waals surface area contributed by atoms with Gasteiger partial charge in [-0.2, -0.15) is 0 Å². The molecule has 0 fully saturated rings. The first-order chi connectivity index (χ1) is 7.66. The van der Waals surface area contributed by atoms with Crippen LogP contribution in [0.1, 0.15) is 0 Å². The summed E-state index contributed by atoms with van der Waals surface area (Å²) in [6, 6.07) is 10.1. The standard InChI is InChI=1S/C11H7BrN2O2/c12-11-7-9(5-6-13-11)8-1-3-10(4-2-8)14(15)16/h1-7H. The van der Waals surface area contributed by atoms with Crippen molar-refractivity contribution in [2.24, 2.45) is 0 Å². The molecule has 0 atom stereocenters.